The molecule has 1 atom stereocenters. The lowest BCUT2D eigenvalue weighted by atomic mass is 9.83. The number of piperidine rings is 1. The molecular formula is C11H18N2OS. The molecule has 1 aromatic heterocycles. The Morgan fingerprint density at radius 2 is 2.53 bits per heavy atom. The second-order valence-electron chi connectivity index (χ2n) is 4.75. The van der Waals surface area contributed by atoms with E-state index in [1.807, 2.05) is 11.7 Å². The molecule has 1 unspecified atom stereocenters. The first-order valence-corrected chi connectivity index (χ1v) is 6.30. The number of nitrogens with zero attached hydrogens (tertiary/aromatic N) is 2. The minimum absolute atomic E-state index is 0.100. The zero-order valence-corrected chi connectivity index (χ0v) is 9.96. The van der Waals surface area contributed by atoms with Gasteiger partial charge in [0, 0.05) is 36.2 Å². The van der Waals surface area contributed by atoms with Crippen LogP contribution < -0.4 is 0 Å². The van der Waals surface area contributed by atoms with Gasteiger partial charge in [0.25, 0.3) is 0 Å². The van der Waals surface area contributed by atoms with Crippen molar-refractivity contribution in [2.24, 2.45) is 5.41 Å². The van der Waals surface area contributed by atoms with Crippen LogP contribution in [-0.2, 0) is 6.54 Å². The third kappa shape index (κ3) is 2.77. The molecule has 2 heterocycles. The normalized spacial score (nSPS) is 28.1. The van der Waals surface area contributed by atoms with E-state index < -0.39 is 0 Å². The Labute approximate surface area is 94.8 Å². The average molecular weight is 226 g/mol. The van der Waals surface area contributed by atoms with Gasteiger partial charge in [0.2, 0.25) is 0 Å². The fourth-order valence-electron chi connectivity index (χ4n) is 2.23. The summed E-state index contributed by atoms with van der Waals surface area (Å²) in [6.07, 6.45) is 4.27. The summed E-state index contributed by atoms with van der Waals surface area (Å²) in [7, 11) is 0. The zero-order chi connectivity index (χ0) is 10.7. The van der Waals surface area contributed by atoms with Crippen molar-refractivity contribution >= 4 is 11.3 Å². The third-order valence-electron chi connectivity index (χ3n) is 3.10. The molecule has 1 aliphatic rings. The van der Waals surface area contributed by atoms with Crippen LogP contribution >= 0.6 is 11.3 Å². The summed E-state index contributed by atoms with van der Waals surface area (Å²) in [4.78, 5) is 7.83. The lowest BCUT2D eigenvalue weighted by molar-refractivity contribution is 0.0434. The predicted octanol–water partition coefficient (Wildman–Crippen LogP) is 1.74. The summed E-state index contributed by atoms with van der Waals surface area (Å²) in [5, 5.41) is 9.36. The average Bonchev–Trinajstić information content (AvgIpc) is 2.71. The smallest absolute Gasteiger partial charge is 0.0794 e. The van der Waals surface area contributed by atoms with Crippen molar-refractivity contribution < 1.29 is 5.11 Å². The van der Waals surface area contributed by atoms with E-state index in [4.69, 9.17) is 0 Å². The highest BCUT2D eigenvalue weighted by Crippen LogP contribution is 2.29. The molecule has 0 radical (unpaired) electrons. The third-order valence-corrected chi connectivity index (χ3v) is 3.87. The molecule has 1 fully saturated rings. The van der Waals surface area contributed by atoms with Gasteiger partial charge < -0.3 is 5.11 Å². The van der Waals surface area contributed by atoms with Gasteiger partial charge in [0.15, 0.2) is 0 Å². The van der Waals surface area contributed by atoms with Gasteiger partial charge in [-0.2, -0.15) is 0 Å². The van der Waals surface area contributed by atoms with E-state index in [1.165, 1.54) is 11.3 Å². The van der Waals surface area contributed by atoms with Crippen molar-refractivity contribution in [1.82, 2.24) is 9.88 Å². The highest BCUT2D eigenvalue weighted by atomic mass is 32.1. The Balaban J connectivity index is 1.93. The number of aliphatic hydroxyl groups is 1. The molecule has 0 aliphatic carbocycles. The van der Waals surface area contributed by atoms with E-state index in [-0.39, 0.29) is 5.41 Å². The van der Waals surface area contributed by atoms with Crippen molar-refractivity contribution in [3.8, 4) is 0 Å². The minimum atomic E-state index is 0.100. The molecule has 1 N–H and O–H groups in total. The molecule has 2 rings (SSSR count). The summed E-state index contributed by atoms with van der Waals surface area (Å²) in [6.45, 7) is 5.60. The van der Waals surface area contributed by atoms with Gasteiger partial charge in [0.05, 0.1) is 5.51 Å². The van der Waals surface area contributed by atoms with Crippen molar-refractivity contribution in [3.05, 3.63) is 16.6 Å². The number of rotatable bonds is 3. The molecule has 4 heteroatoms. The molecule has 0 spiro atoms. The van der Waals surface area contributed by atoms with Crippen LogP contribution in [-0.4, -0.2) is 34.7 Å². The van der Waals surface area contributed by atoms with Crippen LogP contribution in [0.25, 0.3) is 0 Å². The Morgan fingerprint density at radius 3 is 3.20 bits per heavy atom. The fourth-order valence-corrected chi connectivity index (χ4v) is 2.87. The van der Waals surface area contributed by atoms with Crippen LogP contribution in [0, 0.1) is 5.41 Å². The summed E-state index contributed by atoms with van der Waals surface area (Å²) in [6, 6.07) is 0. The van der Waals surface area contributed by atoms with Gasteiger partial charge in [-0.25, -0.2) is 0 Å². The summed E-state index contributed by atoms with van der Waals surface area (Å²) in [5.74, 6) is 0. The summed E-state index contributed by atoms with van der Waals surface area (Å²) in [5.41, 5.74) is 1.98. The monoisotopic (exact) mass is 226 g/mol. The summed E-state index contributed by atoms with van der Waals surface area (Å²) < 4.78 is 0. The van der Waals surface area contributed by atoms with Crippen LogP contribution in [0.2, 0.25) is 0 Å². The van der Waals surface area contributed by atoms with E-state index in [2.05, 4.69) is 16.8 Å². The van der Waals surface area contributed by atoms with Crippen molar-refractivity contribution in [2.45, 2.75) is 26.3 Å². The lowest BCUT2D eigenvalue weighted by Crippen LogP contribution is -2.42. The zero-order valence-electron chi connectivity index (χ0n) is 9.15. The number of likely N-dealkylation sites (tertiary alicyclic amines) is 1. The highest BCUT2D eigenvalue weighted by Gasteiger charge is 2.30. The maximum Gasteiger partial charge on any atom is 0.0794 e. The Kier molecular flexibility index (Phi) is 3.38. The van der Waals surface area contributed by atoms with Crippen molar-refractivity contribution in [3.63, 3.8) is 0 Å². The fraction of sp³-hybridized carbons (Fsp3) is 0.727. The van der Waals surface area contributed by atoms with Crippen LogP contribution in [0.1, 0.15) is 24.6 Å². The molecular weight excluding hydrogens is 208 g/mol. The molecule has 1 saturated heterocycles. The van der Waals surface area contributed by atoms with Crippen LogP contribution in [0.3, 0.4) is 0 Å². The topological polar surface area (TPSA) is 36.4 Å². The van der Waals surface area contributed by atoms with Crippen LogP contribution in [0.4, 0.5) is 0 Å². The van der Waals surface area contributed by atoms with E-state index in [0.717, 1.165) is 26.1 Å². The second kappa shape index (κ2) is 4.60. The van der Waals surface area contributed by atoms with Gasteiger partial charge in [-0.1, -0.05) is 6.92 Å². The second-order valence-corrected chi connectivity index (χ2v) is 5.72. The molecule has 0 bridgehead atoms. The maximum absolute atomic E-state index is 9.36. The Hall–Kier alpha value is -0.450. The Bertz CT molecular complexity index is 302. The molecule has 0 aromatic carbocycles. The van der Waals surface area contributed by atoms with E-state index in [9.17, 15) is 5.11 Å². The minimum Gasteiger partial charge on any atom is -0.396 e. The van der Waals surface area contributed by atoms with Gasteiger partial charge in [-0.15, -0.1) is 11.3 Å². The first-order chi connectivity index (χ1) is 7.22. The molecule has 84 valence electrons. The van der Waals surface area contributed by atoms with Crippen molar-refractivity contribution in [1.29, 1.82) is 0 Å². The molecule has 1 aliphatic heterocycles. The van der Waals surface area contributed by atoms with Gasteiger partial charge in [-0.3, -0.25) is 9.88 Å². The predicted molar refractivity (Wildman–Crippen MR) is 61.8 cm³/mol. The number of thiazole rings is 1. The van der Waals surface area contributed by atoms with E-state index in [0.29, 0.717) is 6.61 Å². The number of aromatic nitrogens is 1. The van der Waals surface area contributed by atoms with Gasteiger partial charge >= 0.3 is 0 Å². The molecule has 15 heavy (non-hydrogen) atoms. The first-order valence-electron chi connectivity index (χ1n) is 5.42. The standard InChI is InChI=1S/C11H18N2OS/c1-11(8-14)3-2-4-13(7-11)6-10-5-12-9-15-10/h5,9,14H,2-4,6-8H2,1H3. The number of hydrogen-bond acceptors (Lipinski definition) is 4. The van der Waals surface area contributed by atoms with Crippen molar-refractivity contribution in [2.75, 3.05) is 19.7 Å². The van der Waals surface area contributed by atoms with E-state index in [1.54, 1.807) is 11.3 Å². The van der Waals surface area contributed by atoms with Crippen LogP contribution in [0.15, 0.2) is 11.7 Å². The van der Waals surface area contributed by atoms with Gasteiger partial charge in [-0.05, 0) is 19.4 Å². The molecule has 0 saturated carbocycles. The quantitative estimate of drug-likeness (QED) is 0.853. The maximum atomic E-state index is 9.36. The molecule has 0 amide bonds. The van der Waals surface area contributed by atoms with Gasteiger partial charge in [0.1, 0.15) is 0 Å². The lowest BCUT2D eigenvalue weighted by Gasteiger charge is -2.39. The SMILES string of the molecule is CC1(CO)CCCN(Cc2cncs2)C1. The number of aliphatic hydroxyl groups excluding tert-OH is 1. The van der Waals surface area contributed by atoms with Crippen LogP contribution in [0.5, 0.6) is 0 Å². The summed E-state index contributed by atoms with van der Waals surface area (Å²) >= 11 is 1.71. The molecule has 3 nitrogen and oxygen atoms in total. The number of hydrogen-bond donors (Lipinski definition) is 1. The molecule has 1 aromatic rings. The highest BCUT2D eigenvalue weighted by molar-refractivity contribution is 7.09. The first kappa shape index (κ1) is 11.0. The van der Waals surface area contributed by atoms with E-state index >= 15 is 0 Å². The largest absolute Gasteiger partial charge is 0.396 e. The Morgan fingerprint density at radius 1 is 1.67 bits per heavy atom.